The van der Waals surface area contributed by atoms with Crippen LogP contribution < -0.4 is 9.46 Å². The van der Waals surface area contributed by atoms with Gasteiger partial charge in [0.15, 0.2) is 5.44 Å². The molecule has 1 N–H and O–H groups in total. The maximum Gasteiger partial charge on any atom is 0.163 e. The summed E-state index contributed by atoms with van der Waals surface area (Å²) < 4.78 is 9.15. The van der Waals surface area contributed by atoms with Crippen LogP contribution in [0.2, 0.25) is 0 Å². The smallest absolute Gasteiger partial charge is 0.163 e. The maximum absolute atomic E-state index is 5.86. The number of anilines is 1. The monoisotopic (exact) mass is 243 g/mol. The molecule has 1 aliphatic heterocycles. The van der Waals surface area contributed by atoms with E-state index in [1.54, 1.807) is 11.9 Å². The van der Waals surface area contributed by atoms with E-state index in [0.29, 0.717) is 5.88 Å². The molecule has 1 aromatic carbocycles. The van der Waals surface area contributed by atoms with E-state index in [1.807, 2.05) is 0 Å². The van der Waals surface area contributed by atoms with Crippen LogP contribution in [-0.2, 0) is 0 Å². The molecule has 0 saturated carbocycles. The Hall–Kier alpha value is -0.540. The van der Waals surface area contributed by atoms with Crippen molar-refractivity contribution in [1.29, 1.82) is 0 Å². The molecule has 1 aromatic rings. The summed E-state index contributed by atoms with van der Waals surface area (Å²) in [5, 5.41) is 0. The standard InChI is InChI=1S/C11H14ClNOS/c1-8-4-5-9-10(7-8)14-11(15-13-9)3-2-6-12/h4-5,7,11,13H,2-3,6H2,1H3. The minimum Gasteiger partial charge on any atom is -0.476 e. The minimum atomic E-state index is 0.179. The van der Waals surface area contributed by atoms with Crippen LogP contribution in [0, 0.1) is 6.92 Å². The number of hydrogen-bond donors (Lipinski definition) is 1. The topological polar surface area (TPSA) is 21.3 Å². The second kappa shape index (κ2) is 4.99. The van der Waals surface area contributed by atoms with Crippen molar-refractivity contribution in [3.8, 4) is 5.75 Å². The Bertz CT molecular complexity index is 345. The van der Waals surface area contributed by atoms with Gasteiger partial charge in [-0.25, -0.2) is 0 Å². The average Bonchev–Trinajstić information content (AvgIpc) is 2.25. The molecule has 2 rings (SSSR count). The number of fused-ring (bicyclic) bond motifs is 1. The van der Waals surface area contributed by atoms with Gasteiger partial charge in [-0.15, -0.1) is 11.6 Å². The van der Waals surface area contributed by atoms with Gasteiger partial charge < -0.3 is 9.46 Å². The van der Waals surface area contributed by atoms with Crippen molar-refractivity contribution in [3.63, 3.8) is 0 Å². The van der Waals surface area contributed by atoms with Gasteiger partial charge in [0.1, 0.15) is 5.75 Å². The van der Waals surface area contributed by atoms with Gasteiger partial charge in [0.2, 0.25) is 0 Å². The summed E-state index contributed by atoms with van der Waals surface area (Å²) in [5.74, 6) is 1.65. The van der Waals surface area contributed by atoms with Gasteiger partial charge in [-0.05, 0) is 49.4 Å². The highest BCUT2D eigenvalue weighted by Crippen LogP contribution is 2.36. The molecule has 82 valence electrons. The van der Waals surface area contributed by atoms with Gasteiger partial charge in [-0.1, -0.05) is 6.07 Å². The van der Waals surface area contributed by atoms with Crippen molar-refractivity contribution in [2.75, 3.05) is 10.6 Å². The Balaban J connectivity index is 2.05. The third-order valence-electron chi connectivity index (χ3n) is 2.27. The van der Waals surface area contributed by atoms with Crippen LogP contribution in [0.3, 0.4) is 0 Å². The maximum atomic E-state index is 5.86. The summed E-state index contributed by atoms with van der Waals surface area (Å²) in [5.41, 5.74) is 2.46. The van der Waals surface area contributed by atoms with Gasteiger partial charge in [-0.2, -0.15) is 0 Å². The predicted molar refractivity (Wildman–Crippen MR) is 66.8 cm³/mol. The van der Waals surface area contributed by atoms with Gasteiger partial charge in [0.25, 0.3) is 0 Å². The Morgan fingerprint density at radius 2 is 2.40 bits per heavy atom. The fraction of sp³-hybridized carbons (Fsp3) is 0.455. The highest BCUT2D eigenvalue weighted by Gasteiger charge is 2.19. The molecule has 0 radical (unpaired) electrons. The highest BCUT2D eigenvalue weighted by atomic mass is 35.5. The first-order chi connectivity index (χ1) is 7.29. The van der Waals surface area contributed by atoms with Crippen molar-refractivity contribution in [2.24, 2.45) is 0 Å². The third-order valence-corrected chi connectivity index (χ3v) is 3.47. The molecule has 0 aromatic heterocycles. The zero-order valence-electron chi connectivity index (χ0n) is 8.63. The number of benzene rings is 1. The number of rotatable bonds is 3. The fourth-order valence-electron chi connectivity index (χ4n) is 1.47. The summed E-state index contributed by atoms with van der Waals surface area (Å²) in [6, 6.07) is 6.19. The molecule has 0 aliphatic carbocycles. The summed E-state index contributed by atoms with van der Waals surface area (Å²) >= 11 is 7.28. The lowest BCUT2D eigenvalue weighted by Crippen LogP contribution is -2.19. The second-order valence-electron chi connectivity index (χ2n) is 3.60. The van der Waals surface area contributed by atoms with E-state index in [2.05, 4.69) is 29.8 Å². The van der Waals surface area contributed by atoms with Gasteiger partial charge >= 0.3 is 0 Å². The summed E-state index contributed by atoms with van der Waals surface area (Å²) in [7, 11) is 0. The molecule has 1 atom stereocenters. The third kappa shape index (κ3) is 2.73. The average molecular weight is 244 g/mol. The summed E-state index contributed by atoms with van der Waals surface area (Å²) in [6.07, 6.45) is 1.97. The summed E-state index contributed by atoms with van der Waals surface area (Å²) in [4.78, 5) is 0. The van der Waals surface area contributed by atoms with E-state index >= 15 is 0 Å². The SMILES string of the molecule is Cc1ccc2c(c1)OC(CCCCl)SN2. The summed E-state index contributed by atoms with van der Waals surface area (Å²) in [6.45, 7) is 2.07. The molecular weight excluding hydrogens is 230 g/mol. The van der Waals surface area contributed by atoms with E-state index in [9.17, 15) is 0 Å². The molecule has 15 heavy (non-hydrogen) atoms. The van der Waals surface area contributed by atoms with E-state index < -0.39 is 0 Å². The molecule has 0 amide bonds. The highest BCUT2D eigenvalue weighted by molar-refractivity contribution is 8.01. The Morgan fingerprint density at radius 3 is 3.20 bits per heavy atom. The van der Waals surface area contributed by atoms with Crippen molar-refractivity contribution in [1.82, 2.24) is 0 Å². The zero-order chi connectivity index (χ0) is 10.7. The van der Waals surface area contributed by atoms with E-state index in [1.165, 1.54) is 5.56 Å². The van der Waals surface area contributed by atoms with Crippen LogP contribution in [-0.4, -0.2) is 11.3 Å². The molecule has 0 bridgehead atoms. The predicted octanol–water partition coefficient (Wildman–Crippen LogP) is 3.79. The van der Waals surface area contributed by atoms with Crippen LogP contribution in [0.1, 0.15) is 18.4 Å². The lowest BCUT2D eigenvalue weighted by molar-refractivity contribution is 0.275. The molecule has 1 aliphatic rings. The van der Waals surface area contributed by atoms with E-state index in [4.69, 9.17) is 16.3 Å². The molecule has 0 saturated heterocycles. The van der Waals surface area contributed by atoms with E-state index in [-0.39, 0.29) is 5.44 Å². The van der Waals surface area contributed by atoms with Crippen LogP contribution in [0.15, 0.2) is 18.2 Å². The number of aryl methyl sites for hydroxylation is 1. The first kappa shape index (κ1) is 11.0. The molecule has 0 spiro atoms. The molecule has 1 unspecified atom stereocenters. The fourth-order valence-corrected chi connectivity index (χ4v) is 2.49. The first-order valence-electron chi connectivity index (χ1n) is 5.04. The number of hydrogen-bond acceptors (Lipinski definition) is 3. The lowest BCUT2D eigenvalue weighted by Gasteiger charge is -2.26. The van der Waals surface area contributed by atoms with Crippen molar-refractivity contribution < 1.29 is 4.74 Å². The van der Waals surface area contributed by atoms with Crippen LogP contribution in [0.5, 0.6) is 5.75 Å². The van der Waals surface area contributed by atoms with Gasteiger partial charge in [-0.3, -0.25) is 0 Å². The van der Waals surface area contributed by atoms with Crippen molar-refractivity contribution in [2.45, 2.75) is 25.2 Å². The Kier molecular flexibility index (Phi) is 3.65. The molecular formula is C11H14ClNOS. The zero-order valence-corrected chi connectivity index (χ0v) is 10.2. The first-order valence-corrected chi connectivity index (χ1v) is 6.46. The van der Waals surface area contributed by atoms with Crippen LogP contribution >= 0.6 is 23.5 Å². The molecule has 4 heteroatoms. The Morgan fingerprint density at radius 1 is 1.53 bits per heavy atom. The van der Waals surface area contributed by atoms with Crippen LogP contribution in [0.25, 0.3) is 0 Å². The van der Waals surface area contributed by atoms with Gasteiger partial charge in [0.05, 0.1) is 5.69 Å². The van der Waals surface area contributed by atoms with Crippen LogP contribution in [0.4, 0.5) is 5.69 Å². The van der Waals surface area contributed by atoms with E-state index in [0.717, 1.165) is 24.3 Å². The molecule has 2 nitrogen and oxygen atoms in total. The normalized spacial score (nSPS) is 18.9. The second-order valence-corrected chi connectivity index (χ2v) is 4.94. The molecule has 1 heterocycles. The number of halogens is 1. The Labute approximate surface area is 99.5 Å². The number of nitrogens with one attached hydrogen (secondary N) is 1. The number of ether oxygens (including phenoxy) is 1. The quantitative estimate of drug-likeness (QED) is 0.645. The van der Waals surface area contributed by atoms with Gasteiger partial charge in [0, 0.05) is 5.88 Å². The number of alkyl halides is 1. The van der Waals surface area contributed by atoms with Crippen molar-refractivity contribution in [3.05, 3.63) is 23.8 Å². The van der Waals surface area contributed by atoms with Crippen molar-refractivity contribution >= 4 is 29.2 Å². The largest absolute Gasteiger partial charge is 0.476 e. The molecule has 0 fully saturated rings. The lowest BCUT2D eigenvalue weighted by atomic mass is 10.2. The minimum absolute atomic E-state index is 0.179.